The fraction of sp³-hybridized carbons (Fsp3) is 0.278. The molecular weight excluding hydrogens is 344 g/mol. The van der Waals surface area contributed by atoms with Crippen LogP contribution in [0.3, 0.4) is 0 Å². The molecule has 6 nitrogen and oxygen atoms in total. The first-order chi connectivity index (χ1) is 12.1. The Morgan fingerprint density at radius 1 is 1.04 bits per heavy atom. The predicted octanol–water partition coefficient (Wildman–Crippen LogP) is 3.42. The van der Waals surface area contributed by atoms with Crippen molar-refractivity contribution in [2.45, 2.75) is 0 Å². The highest BCUT2D eigenvalue weighted by atomic mass is 35.5. The maximum atomic E-state index is 12.0. The Kier molecular flexibility index (Phi) is 7.37. The molecule has 0 saturated heterocycles. The number of ether oxygens (including phenoxy) is 3. The van der Waals surface area contributed by atoms with E-state index in [-0.39, 0.29) is 12.5 Å². The van der Waals surface area contributed by atoms with Crippen molar-refractivity contribution < 1.29 is 19.0 Å². The minimum atomic E-state index is -0.179. The van der Waals surface area contributed by atoms with Gasteiger partial charge in [-0.15, -0.1) is 0 Å². The van der Waals surface area contributed by atoms with Crippen molar-refractivity contribution in [2.75, 3.05) is 44.6 Å². The topological polar surface area (TPSA) is 68.8 Å². The molecule has 0 unspecified atom stereocenters. The number of anilines is 2. The third kappa shape index (κ3) is 6.17. The Morgan fingerprint density at radius 3 is 2.40 bits per heavy atom. The summed E-state index contributed by atoms with van der Waals surface area (Å²) in [5.74, 6) is 1.13. The van der Waals surface area contributed by atoms with Gasteiger partial charge >= 0.3 is 0 Å². The lowest BCUT2D eigenvalue weighted by atomic mass is 10.3. The number of nitrogens with one attached hydrogen (secondary N) is 2. The molecule has 1 amide bonds. The molecule has 0 bridgehead atoms. The van der Waals surface area contributed by atoms with Gasteiger partial charge in [0.25, 0.3) is 0 Å². The fourth-order valence-electron chi connectivity index (χ4n) is 2.04. The molecule has 0 aliphatic heterocycles. The van der Waals surface area contributed by atoms with E-state index in [4.69, 9.17) is 25.8 Å². The van der Waals surface area contributed by atoms with E-state index < -0.39 is 0 Å². The number of carbonyl (C=O) groups is 1. The highest BCUT2D eigenvalue weighted by Crippen LogP contribution is 2.27. The van der Waals surface area contributed by atoms with Crippen LogP contribution in [0, 0.1) is 0 Å². The average molecular weight is 365 g/mol. The summed E-state index contributed by atoms with van der Waals surface area (Å²) in [6.07, 6.45) is 0. The van der Waals surface area contributed by atoms with Crippen LogP contribution in [0.4, 0.5) is 11.4 Å². The first kappa shape index (κ1) is 18.9. The van der Waals surface area contributed by atoms with Gasteiger partial charge in [-0.2, -0.15) is 0 Å². The van der Waals surface area contributed by atoms with Gasteiger partial charge in [0, 0.05) is 18.5 Å². The van der Waals surface area contributed by atoms with E-state index in [0.717, 1.165) is 11.4 Å². The molecule has 0 heterocycles. The molecule has 7 heteroatoms. The van der Waals surface area contributed by atoms with E-state index in [1.54, 1.807) is 25.3 Å². The number of rotatable bonds is 9. The van der Waals surface area contributed by atoms with Crippen LogP contribution in [0.1, 0.15) is 0 Å². The lowest BCUT2D eigenvalue weighted by Gasteiger charge is -2.10. The van der Waals surface area contributed by atoms with E-state index in [9.17, 15) is 4.79 Å². The number of hydrogen-bond acceptors (Lipinski definition) is 5. The molecule has 0 aliphatic rings. The first-order valence-corrected chi connectivity index (χ1v) is 8.09. The van der Waals surface area contributed by atoms with Crippen molar-refractivity contribution in [3.05, 3.63) is 47.5 Å². The zero-order valence-electron chi connectivity index (χ0n) is 14.2. The molecule has 134 valence electrons. The van der Waals surface area contributed by atoms with Crippen LogP contribution in [-0.4, -0.2) is 39.9 Å². The molecule has 0 aromatic heterocycles. The van der Waals surface area contributed by atoms with E-state index in [0.29, 0.717) is 29.7 Å². The molecule has 0 saturated carbocycles. The highest BCUT2D eigenvalue weighted by molar-refractivity contribution is 6.32. The summed E-state index contributed by atoms with van der Waals surface area (Å²) in [6.45, 7) is 1.17. The van der Waals surface area contributed by atoms with E-state index in [2.05, 4.69) is 10.6 Å². The first-order valence-electron chi connectivity index (χ1n) is 7.71. The summed E-state index contributed by atoms with van der Waals surface area (Å²) in [7, 11) is 3.17. The molecule has 2 aromatic carbocycles. The number of carbonyl (C=O) groups excluding carboxylic acids is 1. The number of halogens is 1. The van der Waals surface area contributed by atoms with Crippen LogP contribution in [0.2, 0.25) is 5.02 Å². The summed E-state index contributed by atoms with van der Waals surface area (Å²) >= 11 is 6.03. The quantitative estimate of drug-likeness (QED) is 0.667. The van der Waals surface area contributed by atoms with Crippen molar-refractivity contribution >= 4 is 28.9 Å². The van der Waals surface area contributed by atoms with Gasteiger partial charge in [0.15, 0.2) is 0 Å². The molecule has 0 fully saturated rings. The third-order valence-corrected chi connectivity index (χ3v) is 3.59. The Hall–Kier alpha value is -2.44. The van der Waals surface area contributed by atoms with E-state index in [1.165, 1.54) is 7.11 Å². The molecule has 0 radical (unpaired) electrons. The van der Waals surface area contributed by atoms with Crippen LogP contribution >= 0.6 is 11.6 Å². The lowest BCUT2D eigenvalue weighted by molar-refractivity contribution is -0.114. The Balaban J connectivity index is 1.80. The number of amides is 1. The molecule has 2 rings (SSSR count). The summed E-state index contributed by atoms with van der Waals surface area (Å²) in [4.78, 5) is 12.0. The lowest BCUT2D eigenvalue weighted by Crippen LogP contribution is -2.21. The van der Waals surface area contributed by atoms with Crippen molar-refractivity contribution in [1.82, 2.24) is 0 Å². The normalized spacial score (nSPS) is 10.2. The molecule has 2 N–H and O–H groups in total. The molecule has 0 atom stereocenters. The summed E-state index contributed by atoms with van der Waals surface area (Å²) in [5, 5.41) is 6.26. The molecule has 0 spiro atoms. The Morgan fingerprint density at radius 2 is 1.76 bits per heavy atom. The van der Waals surface area contributed by atoms with E-state index >= 15 is 0 Å². The maximum absolute atomic E-state index is 12.0. The third-order valence-electron chi connectivity index (χ3n) is 3.30. The Bertz CT molecular complexity index is 692. The Labute approximate surface area is 152 Å². The summed E-state index contributed by atoms with van der Waals surface area (Å²) in [6, 6.07) is 12.4. The zero-order valence-corrected chi connectivity index (χ0v) is 14.9. The maximum Gasteiger partial charge on any atom is 0.243 e. The number of benzene rings is 2. The monoisotopic (exact) mass is 364 g/mol. The van der Waals surface area contributed by atoms with Crippen LogP contribution in [-0.2, 0) is 9.53 Å². The summed E-state index contributed by atoms with van der Waals surface area (Å²) < 4.78 is 15.5. The second-order valence-electron chi connectivity index (χ2n) is 5.12. The van der Waals surface area contributed by atoms with Gasteiger partial charge in [0.1, 0.15) is 18.1 Å². The predicted molar refractivity (Wildman–Crippen MR) is 98.9 cm³/mol. The van der Waals surface area contributed by atoms with Crippen LogP contribution in [0.25, 0.3) is 0 Å². The zero-order chi connectivity index (χ0) is 18.1. The second kappa shape index (κ2) is 9.76. The van der Waals surface area contributed by atoms with Gasteiger partial charge in [-0.1, -0.05) is 11.6 Å². The minimum absolute atomic E-state index is 0.132. The van der Waals surface area contributed by atoms with Gasteiger partial charge in [0.2, 0.25) is 5.91 Å². The van der Waals surface area contributed by atoms with Gasteiger partial charge in [-0.05, 0) is 42.5 Å². The number of methoxy groups -OCH3 is 2. The van der Waals surface area contributed by atoms with Crippen LogP contribution in [0.5, 0.6) is 11.5 Å². The molecule has 0 aliphatic carbocycles. The highest BCUT2D eigenvalue weighted by Gasteiger charge is 2.06. The van der Waals surface area contributed by atoms with Crippen molar-refractivity contribution in [3.63, 3.8) is 0 Å². The van der Waals surface area contributed by atoms with Crippen LogP contribution < -0.4 is 20.1 Å². The molecule has 2 aromatic rings. The molecule has 25 heavy (non-hydrogen) atoms. The average Bonchev–Trinajstić information content (AvgIpc) is 2.61. The van der Waals surface area contributed by atoms with E-state index in [1.807, 2.05) is 24.3 Å². The van der Waals surface area contributed by atoms with Gasteiger partial charge in [0.05, 0.1) is 25.3 Å². The second-order valence-corrected chi connectivity index (χ2v) is 5.52. The fourth-order valence-corrected chi connectivity index (χ4v) is 2.30. The SMILES string of the molecule is COCCOc1ccc(NCC(=O)Nc2ccc(OC)c(Cl)c2)cc1. The molecular formula is C18H21ClN2O4. The largest absolute Gasteiger partial charge is 0.495 e. The summed E-state index contributed by atoms with van der Waals surface area (Å²) in [5.41, 5.74) is 1.43. The van der Waals surface area contributed by atoms with Crippen molar-refractivity contribution in [2.24, 2.45) is 0 Å². The van der Waals surface area contributed by atoms with Crippen molar-refractivity contribution in [1.29, 1.82) is 0 Å². The standard InChI is InChI=1S/C18H21ClN2O4/c1-23-9-10-25-15-6-3-13(4-7-15)20-12-18(22)21-14-5-8-17(24-2)16(19)11-14/h3-8,11,20H,9-10,12H2,1-2H3,(H,21,22). The van der Waals surface area contributed by atoms with Gasteiger partial charge < -0.3 is 24.8 Å². The van der Waals surface area contributed by atoms with Gasteiger partial charge in [-0.25, -0.2) is 0 Å². The van der Waals surface area contributed by atoms with Crippen LogP contribution in [0.15, 0.2) is 42.5 Å². The number of hydrogen-bond donors (Lipinski definition) is 2. The smallest absolute Gasteiger partial charge is 0.243 e. The van der Waals surface area contributed by atoms with Gasteiger partial charge in [-0.3, -0.25) is 4.79 Å². The van der Waals surface area contributed by atoms with Crippen molar-refractivity contribution in [3.8, 4) is 11.5 Å². The minimum Gasteiger partial charge on any atom is -0.495 e.